The highest BCUT2D eigenvalue weighted by molar-refractivity contribution is 5.88. The number of aryl methyl sites for hydroxylation is 1. The first-order valence-corrected chi connectivity index (χ1v) is 11.1. The first-order valence-electron chi connectivity index (χ1n) is 11.1. The molecule has 0 spiro atoms. The van der Waals surface area contributed by atoms with Crippen LogP contribution in [-0.4, -0.2) is 0 Å². The lowest BCUT2D eigenvalue weighted by molar-refractivity contribution is 0.263. The monoisotopic (exact) mass is 436 g/mol. The van der Waals surface area contributed by atoms with Gasteiger partial charge in [0.2, 0.25) is 0 Å². The van der Waals surface area contributed by atoms with E-state index in [1.54, 1.807) is 0 Å². The third-order valence-electron chi connectivity index (χ3n) is 6.35. The van der Waals surface area contributed by atoms with E-state index in [0.717, 1.165) is 31.7 Å². The van der Waals surface area contributed by atoms with E-state index in [9.17, 15) is 22.0 Å². The second-order valence-electron chi connectivity index (χ2n) is 8.46. The summed E-state index contributed by atoms with van der Waals surface area (Å²) in [5.74, 6) is -6.45. The van der Waals surface area contributed by atoms with Gasteiger partial charge in [0.25, 0.3) is 0 Å². The van der Waals surface area contributed by atoms with Crippen molar-refractivity contribution in [1.82, 2.24) is 0 Å². The fourth-order valence-corrected chi connectivity index (χ4v) is 4.56. The Balaban J connectivity index is 1.88. The van der Waals surface area contributed by atoms with Crippen molar-refractivity contribution in [2.24, 2.45) is 11.8 Å². The van der Waals surface area contributed by atoms with Crippen LogP contribution in [0.15, 0.2) is 36.2 Å². The van der Waals surface area contributed by atoms with Crippen molar-refractivity contribution in [2.45, 2.75) is 65.2 Å². The number of hydrogen-bond donors (Lipinski definition) is 0. The molecule has 2 aromatic rings. The number of hydrogen-bond acceptors (Lipinski definition) is 0. The molecule has 0 unspecified atom stereocenters. The Morgan fingerprint density at radius 3 is 2.35 bits per heavy atom. The Morgan fingerprint density at radius 2 is 1.71 bits per heavy atom. The van der Waals surface area contributed by atoms with Crippen molar-refractivity contribution in [1.29, 1.82) is 0 Å². The van der Waals surface area contributed by atoms with Crippen molar-refractivity contribution in [3.63, 3.8) is 0 Å². The van der Waals surface area contributed by atoms with Crippen LogP contribution in [0.5, 0.6) is 0 Å². The standard InChI is InChI=1S/C26H29F5/c1-3-5-6-8-16-9-11-18(12-10-16)23(28)24(29)20-15-19-14-13-17(7-4-2)22(27)21(19)26(31)25(20)30/h3,5,13-16,18H,4,6-12H2,1-2H3/b5-3+,24-23?. The zero-order valence-electron chi connectivity index (χ0n) is 18.1. The van der Waals surface area contributed by atoms with E-state index in [-0.39, 0.29) is 10.9 Å². The van der Waals surface area contributed by atoms with Gasteiger partial charge in [0.1, 0.15) is 11.6 Å². The topological polar surface area (TPSA) is 0 Å². The molecule has 1 fully saturated rings. The molecule has 0 nitrogen and oxygen atoms in total. The van der Waals surface area contributed by atoms with Crippen molar-refractivity contribution in [3.05, 3.63) is 64.8 Å². The van der Waals surface area contributed by atoms with E-state index in [2.05, 4.69) is 6.08 Å². The molecule has 2 aromatic carbocycles. The van der Waals surface area contributed by atoms with Crippen LogP contribution < -0.4 is 0 Å². The maximum absolute atomic E-state index is 14.9. The predicted molar refractivity (Wildman–Crippen MR) is 116 cm³/mol. The molecule has 1 saturated carbocycles. The summed E-state index contributed by atoms with van der Waals surface area (Å²) in [4.78, 5) is 0. The number of halogens is 5. The maximum atomic E-state index is 14.9. The Hall–Kier alpha value is -2.17. The second kappa shape index (κ2) is 10.4. The zero-order valence-corrected chi connectivity index (χ0v) is 18.1. The molecule has 0 heterocycles. The first-order chi connectivity index (χ1) is 14.9. The predicted octanol–water partition coefficient (Wildman–Crippen LogP) is 8.98. The minimum absolute atomic E-state index is 0.0156. The van der Waals surface area contributed by atoms with E-state index < -0.39 is 46.0 Å². The zero-order chi connectivity index (χ0) is 22.5. The molecule has 1 aliphatic carbocycles. The molecule has 0 radical (unpaired) electrons. The van der Waals surface area contributed by atoms with Crippen LogP contribution in [0.3, 0.4) is 0 Å². The fraction of sp³-hybridized carbons (Fsp3) is 0.462. The van der Waals surface area contributed by atoms with Gasteiger partial charge in [-0.05, 0) is 74.8 Å². The smallest absolute Gasteiger partial charge is 0.170 e. The molecule has 0 bridgehead atoms. The molecule has 0 N–H and O–H groups in total. The SMILES string of the molecule is C/C=C/CCC1CCC(C(F)=C(F)c2cc3ccc(CCC)c(F)c3c(F)c2F)CC1. The molecule has 0 amide bonds. The summed E-state index contributed by atoms with van der Waals surface area (Å²) in [5.41, 5.74) is -0.505. The van der Waals surface area contributed by atoms with Crippen LogP contribution in [0.4, 0.5) is 22.0 Å². The fourth-order valence-electron chi connectivity index (χ4n) is 4.56. The van der Waals surface area contributed by atoms with Gasteiger partial charge in [0.05, 0.1) is 10.9 Å². The molecule has 168 valence electrons. The largest absolute Gasteiger partial charge is 0.208 e. The first kappa shape index (κ1) is 23.5. The number of fused-ring (bicyclic) bond motifs is 1. The normalized spacial score (nSPS) is 20.5. The van der Waals surface area contributed by atoms with Crippen LogP contribution in [-0.2, 0) is 6.42 Å². The van der Waals surface area contributed by atoms with E-state index >= 15 is 0 Å². The molecule has 0 aliphatic heterocycles. The van der Waals surface area contributed by atoms with Gasteiger partial charge >= 0.3 is 0 Å². The average Bonchev–Trinajstić information content (AvgIpc) is 2.77. The lowest BCUT2D eigenvalue weighted by Gasteiger charge is -2.27. The summed E-state index contributed by atoms with van der Waals surface area (Å²) in [5, 5.41) is -0.496. The van der Waals surface area contributed by atoms with Gasteiger partial charge in [-0.3, -0.25) is 0 Å². The Morgan fingerprint density at radius 1 is 1.00 bits per heavy atom. The summed E-state index contributed by atoms with van der Waals surface area (Å²) >= 11 is 0. The van der Waals surface area contributed by atoms with Gasteiger partial charge in [-0.2, -0.15) is 0 Å². The van der Waals surface area contributed by atoms with Crippen LogP contribution in [0.25, 0.3) is 16.6 Å². The molecule has 0 aromatic heterocycles. The number of allylic oxidation sites excluding steroid dienone is 3. The summed E-state index contributed by atoms with van der Waals surface area (Å²) < 4.78 is 73.8. The highest BCUT2D eigenvalue weighted by Gasteiger charge is 2.29. The molecule has 1 aliphatic rings. The van der Waals surface area contributed by atoms with Gasteiger partial charge in [-0.1, -0.05) is 37.6 Å². The van der Waals surface area contributed by atoms with Gasteiger partial charge in [0, 0.05) is 5.92 Å². The third kappa shape index (κ3) is 5.02. The molecular formula is C26H29F5. The second-order valence-corrected chi connectivity index (χ2v) is 8.46. The number of benzene rings is 2. The Kier molecular flexibility index (Phi) is 7.90. The van der Waals surface area contributed by atoms with Gasteiger partial charge < -0.3 is 0 Å². The van der Waals surface area contributed by atoms with Crippen LogP contribution >= 0.6 is 0 Å². The Labute approximate surface area is 180 Å². The molecule has 5 heteroatoms. The third-order valence-corrected chi connectivity index (χ3v) is 6.35. The molecule has 31 heavy (non-hydrogen) atoms. The van der Waals surface area contributed by atoms with Crippen molar-refractivity contribution in [2.75, 3.05) is 0 Å². The minimum atomic E-state index is -1.55. The average molecular weight is 437 g/mol. The van der Waals surface area contributed by atoms with Crippen LogP contribution in [0.1, 0.15) is 69.9 Å². The number of rotatable bonds is 7. The van der Waals surface area contributed by atoms with Crippen LogP contribution in [0, 0.1) is 29.3 Å². The van der Waals surface area contributed by atoms with E-state index in [1.165, 1.54) is 12.1 Å². The summed E-state index contributed by atoms with van der Waals surface area (Å²) in [6.07, 6.45) is 9.62. The molecule has 0 atom stereocenters. The van der Waals surface area contributed by atoms with E-state index in [1.807, 2.05) is 19.9 Å². The van der Waals surface area contributed by atoms with Gasteiger partial charge in [-0.15, -0.1) is 0 Å². The van der Waals surface area contributed by atoms with Gasteiger partial charge in [0.15, 0.2) is 17.5 Å². The van der Waals surface area contributed by atoms with Crippen molar-refractivity contribution in [3.8, 4) is 0 Å². The van der Waals surface area contributed by atoms with Crippen molar-refractivity contribution < 1.29 is 22.0 Å². The lowest BCUT2D eigenvalue weighted by atomic mass is 9.79. The summed E-state index contributed by atoms with van der Waals surface area (Å²) in [7, 11) is 0. The van der Waals surface area contributed by atoms with Crippen molar-refractivity contribution >= 4 is 16.6 Å². The quantitative estimate of drug-likeness (QED) is 0.300. The highest BCUT2D eigenvalue weighted by Crippen LogP contribution is 2.40. The lowest BCUT2D eigenvalue weighted by Crippen LogP contribution is -2.15. The van der Waals surface area contributed by atoms with Crippen LogP contribution in [0.2, 0.25) is 0 Å². The van der Waals surface area contributed by atoms with E-state index in [0.29, 0.717) is 31.6 Å². The molecule has 3 rings (SSSR count). The minimum Gasteiger partial charge on any atom is -0.208 e. The molecule has 0 saturated heterocycles. The Bertz CT molecular complexity index is 981. The summed E-state index contributed by atoms with van der Waals surface area (Å²) in [6.45, 7) is 3.81. The maximum Gasteiger partial charge on any atom is 0.170 e. The van der Waals surface area contributed by atoms with Gasteiger partial charge in [-0.25, -0.2) is 22.0 Å². The molecular weight excluding hydrogens is 407 g/mol. The van der Waals surface area contributed by atoms with E-state index in [4.69, 9.17) is 0 Å². The summed E-state index contributed by atoms with van der Waals surface area (Å²) in [6, 6.07) is 3.91. The highest BCUT2D eigenvalue weighted by atomic mass is 19.2.